The van der Waals surface area contributed by atoms with Crippen LogP contribution in [0.3, 0.4) is 0 Å². The van der Waals surface area contributed by atoms with Gasteiger partial charge in [0.2, 0.25) is 0 Å². The van der Waals surface area contributed by atoms with Crippen molar-refractivity contribution in [2.75, 3.05) is 19.8 Å². The maximum Gasteiger partial charge on any atom is 0.338 e. The Morgan fingerprint density at radius 3 is 2.42 bits per heavy atom. The molecule has 0 spiro atoms. The minimum atomic E-state index is -0.358. The molecule has 3 rings (SSSR count). The normalized spacial score (nSPS) is 14.0. The molecule has 0 unspecified atom stereocenters. The predicted molar refractivity (Wildman–Crippen MR) is 123 cm³/mol. The number of unbranched alkanes of at least 4 members (excludes halogenated alkanes) is 5. The number of benzene rings is 2. The van der Waals surface area contributed by atoms with Crippen molar-refractivity contribution in [2.45, 2.75) is 57.8 Å². The summed E-state index contributed by atoms with van der Waals surface area (Å²) in [4.78, 5) is 12.4. The van der Waals surface area contributed by atoms with Crippen molar-refractivity contribution in [3.8, 4) is 5.75 Å². The minimum Gasteiger partial charge on any atom is -0.494 e. The van der Waals surface area contributed by atoms with E-state index in [1.54, 1.807) is 12.1 Å². The van der Waals surface area contributed by atoms with Gasteiger partial charge in [-0.15, -0.1) is 0 Å². The highest BCUT2D eigenvalue weighted by Gasteiger charge is 2.14. The Morgan fingerprint density at radius 1 is 0.935 bits per heavy atom. The quantitative estimate of drug-likeness (QED) is 0.244. The standard InChI is InChI=1S/C25H31BrO5/c26-22-16-21(25(27)31-19-20-10-6-5-7-11-20)17-23(18-22)28-13-9-4-2-1-3-8-12-24-29-14-15-30-24/h5-7,10-11,16-18,24H,1-4,8-9,12-15,19H2. The molecule has 1 fully saturated rings. The van der Waals surface area contributed by atoms with Gasteiger partial charge in [0.1, 0.15) is 12.4 Å². The molecule has 2 aromatic rings. The average molecular weight is 491 g/mol. The van der Waals surface area contributed by atoms with Crippen LogP contribution in [0.1, 0.15) is 60.9 Å². The van der Waals surface area contributed by atoms with Crippen LogP contribution in [0.15, 0.2) is 53.0 Å². The lowest BCUT2D eigenvalue weighted by molar-refractivity contribution is -0.0480. The summed E-state index contributed by atoms with van der Waals surface area (Å²) in [6, 6.07) is 15.0. The monoisotopic (exact) mass is 490 g/mol. The molecule has 6 heteroatoms. The van der Waals surface area contributed by atoms with Crippen LogP contribution in [0.2, 0.25) is 0 Å². The molecule has 1 saturated heterocycles. The van der Waals surface area contributed by atoms with Gasteiger partial charge in [0, 0.05) is 4.47 Å². The summed E-state index contributed by atoms with van der Waals surface area (Å²) >= 11 is 3.45. The fraction of sp³-hybridized carbons (Fsp3) is 0.480. The topological polar surface area (TPSA) is 54.0 Å². The summed E-state index contributed by atoms with van der Waals surface area (Å²) in [5, 5.41) is 0. The van der Waals surface area contributed by atoms with Crippen molar-refractivity contribution in [3.63, 3.8) is 0 Å². The number of rotatable bonds is 13. The number of hydrogen-bond donors (Lipinski definition) is 0. The number of carbonyl (C=O) groups is 1. The van der Waals surface area contributed by atoms with Gasteiger partial charge in [0.25, 0.3) is 0 Å². The Kier molecular flexibility index (Phi) is 10.4. The summed E-state index contributed by atoms with van der Waals surface area (Å²) in [7, 11) is 0. The van der Waals surface area contributed by atoms with Crippen molar-refractivity contribution in [1.82, 2.24) is 0 Å². The lowest BCUT2D eigenvalue weighted by Crippen LogP contribution is -2.06. The van der Waals surface area contributed by atoms with E-state index >= 15 is 0 Å². The summed E-state index contributed by atoms with van der Waals surface area (Å²) in [6.45, 7) is 2.36. The van der Waals surface area contributed by atoms with E-state index in [9.17, 15) is 4.79 Å². The zero-order valence-electron chi connectivity index (χ0n) is 17.9. The second-order valence-corrected chi connectivity index (χ2v) is 8.58. The van der Waals surface area contributed by atoms with E-state index in [2.05, 4.69) is 15.9 Å². The summed E-state index contributed by atoms with van der Waals surface area (Å²) < 4.78 is 23.0. The van der Waals surface area contributed by atoms with E-state index in [1.807, 2.05) is 36.4 Å². The molecule has 31 heavy (non-hydrogen) atoms. The highest BCUT2D eigenvalue weighted by molar-refractivity contribution is 9.10. The van der Waals surface area contributed by atoms with Crippen LogP contribution in [-0.4, -0.2) is 32.1 Å². The third-order valence-electron chi connectivity index (χ3n) is 5.11. The second-order valence-electron chi connectivity index (χ2n) is 7.67. The van der Waals surface area contributed by atoms with Crippen LogP contribution in [0.25, 0.3) is 0 Å². The van der Waals surface area contributed by atoms with Gasteiger partial charge >= 0.3 is 5.97 Å². The number of esters is 1. The summed E-state index contributed by atoms with van der Waals surface area (Å²) in [5.41, 5.74) is 1.44. The van der Waals surface area contributed by atoms with Gasteiger partial charge in [-0.1, -0.05) is 71.9 Å². The highest BCUT2D eigenvalue weighted by Crippen LogP contribution is 2.23. The number of hydrogen-bond acceptors (Lipinski definition) is 5. The molecule has 1 heterocycles. The fourth-order valence-corrected chi connectivity index (χ4v) is 3.93. The molecule has 0 aliphatic carbocycles. The maximum atomic E-state index is 12.4. The molecular weight excluding hydrogens is 460 g/mol. The van der Waals surface area contributed by atoms with Gasteiger partial charge in [-0.2, -0.15) is 0 Å². The maximum absolute atomic E-state index is 12.4. The first-order valence-corrected chi connectivity index (χ1v) is 11.9. The third kappa shape index (κ3) is 9.01. The molecule has 0 atom stereocenters. The molecule has 1 aliphatic heterocycles. The van der Waals surface area contributed by atoms with Crippen molar-refractivity contribution < 1.29 is 23.7 Å². The van der Waals surface area contributed by atoms with Crippen LogP contribution in [0.4, 0.5) is 0 Å². The Labute approximate surface area is 193 Å². The zero-order chi connectivity index (χ0) is 21.7. The first-order chi connectivity index (χ1) is 15.2. The molecule has 168 valence electrons. The zero-order valence-corrected chi connectivity index (χ0v) is 19.5. The second kappa shape index (κ2) is 13.5. The Morgan fingerprint density at radius 2 is 1.65 bits per heavy atom. The van der Waals surface area contributed by atoms with Crippen LogP contribution >= 0.6 is 15.9 Å². The lowest BCUT2D eigenvalue weighted by atomic mass is 10.1. The first-order valence-electron chi connectivity index (χ1n) is 11.1. The smallest absolute Gasteiger partial charge is 0.338 e. The van der Waals surface area contributed by atoms with Gasteiger partial charge in [0.15, 0.2) is 6.29 Å². The van der Waals surface area contributed by atoms with Crippen molar-refractivity contribution in [1.29, 1.82) is 0 Å². The Hall–Kier alpha value is -1.89. The molecular formula is C25H31BrO5. The number of halogens is 1. The van der Waals surface area contributed by atoms with Gasteiger partial charge in [-0.25, -0.2) is 4.79 Å². The lowest BCUT2D eigenvalue weighted by Gasteiger charge is -2.10. The highest BCUT2D eigenvalue weighted by atomic mass is 79.9. The first kappa shape index (κ1) is 23.8. The average Bonchev–Trinajstić information content (AvgIpc) is 3.30. The summed E-state index contributed by atoms with van der Waals surface area (Å²) in [5.74, 6) is 0.320. The number of ether oxygens (including phenoxy) is 4. The molecule has 0 saturated carbocycles. The third-order valence-corrected chi connectivity index (χ3v) is 5.57. The summed E-state index contributed by atoms with van der Waals surface area (Å²) in [6.07, 6.45) is 7.95. The molecule has 0 amide bonds. The minimum absolute atomic E-state index is 0.0270. The van der Waals surface area contributed by atoms with E-state index in [-0.39, 0.29) is 18.9 Å². The molecule has 0 bridgehead atoms. The van der Waals surface area contributed by atoms with Crippen molar-refractivity contribution >= 4 is 21.9 Å². The predicted octanol–water partition coefficient (Wildman–Crippen LogP) is 6.29. The van der Waals surface area contributed by atoms with Crippen LogP contribution in [0, 0.1) is 0 Å². The molecule has 5 nitrogen and oxygen atoms in total. The Balaban J connectivity index is 1.30. The molecule has 1 aliphatic rings. The van der Waals surface area contributed by atoms with E-state index in [0.29, 0.717) is 17.9 Å². The van der Waals surface area contributed by atoms with Crippen LogP contribution in [0.5, 0.6) is 5.75 Å². The van der Waals surface area contributed by atoms with Gasteiger partial charge in [-0.3, -0.25) is 0 Å². The Bertz CT molecular complexity index is 790. The largest absolute Gasteiger partial charge is 0.494 e. The molecule has 0 radical (unpaired) electrons. The molecule has 0 aromatic heterocycles. The fourth-order valence-electron chi connectivity index (χ4n) is 3.45. The van der Waals surface area contributed by atoms with E-state index < -0.39 is 0 Å². The van der Waals surface area contributed by atoms with Crippen molar-refractivity contribution in [2.24, 2.45) is 0 Å². The molecule has 0 N–H and O–H groups in total. The van der Waals surface area contributed by atoms with Crippen LogP contribution in [-0.2, 0) is 20.8 Å². The van der Waals surface area contributed by atoms with E-state index in [0.717, 1.165) is 48.9 Å². The van der Waals surface area contributed by atoms with Crippen LogP contribution < -0.4 is 4.74 Å². The SMILES string of the molecule is O=C(OCc1ccccc1)c1cc(Br)cc(OCCCCCCCCC2OCCO2)c1. The van der Waals surface area contributed by atoms with Crippen molar-refractivity contribution in [3.05, 3.63) is 64.1 Å². The van der Waals surface area contributed by atoms with Gasteiger partial charge < -0.3 is 18.9 Å². The molecule has 2 aromatic carbocycles. The van der Waals surface area contributed by atoms with E-state index in [4.69, 9.17) is 18.9 Å². The van der Waals surface area contributed by atoms with Gasteiger partial charge in [-0.05, 0) is 43.0 Å². The number of carbonyl (C=O) groups excluding carboxylic acids is 1. The van der Waals surface area contributed by atoms with Gasteiger partial charge in [0.05, 0.1) is 25.4 Å². The van der Waals surface area contributed by atoms with E-state index in [1.165, 1.54) is 19.3 Å².